The predicted molar refractivity (Wildman–Crippen MR) is 58.7 cm³/mol. The van der Waals surface area contributed by atoms with Crippen molar-refractivity contribution >= 4 is 5.97 Å². The number of rotatable bonds is 4. The zero-order valence-corrected chi connectivity index (χ0v) is 9.52. The van der Waals surface area contributed by atoms with Crippen LogP contribution in [0.3, 0.4) is 0 Å². The van der Waals surface area contributed by atoms with Gasteiger partial charge in [0.1, 0.15) is 0 Å². The Morgan fingerprint density at radius 2 is 2.27 bits per heavy atom. The molecule has 1 rings (SSSR count). The maximum Gasteiger partial charge on any atom is 0.307 e. The summed E-state index contributed by atoms with van der Waals surface area (Å²) in [5.41, 5.74) is 5.69. The average molecular weight is 215 g/mol. The van der Waals surface area contributed by atoms with E-state index in [1.165, 1.54) is 0 Å². The highest BCUT2D eigenvalue weighted by Gasteiger charge is 2.26. The zero-order valence-electron chi connectivity index (χ0n) is 9.52. The molecule has 0 saturated carbocycles. The first kappa shape index (κ1) is 12.4. The first-order valence-electron chi connectivity index (χ1n) is 5.40. The van der Waals surface area contributed by atoms with Gasteiger partial charge < -0.3 is 15.7 Å². The van der Waals surface area contributed by atoms with Gasteiger partial charge in [-0.3, -0.25) is 9.69 Å². The molecule has 2 unspecified atom stereocenters. The van der Waals surface area contributed by atoms with Crippen LogP contribution in [-0.2, 0) is 4.79 Å². The number of likely N-dealkylation sites (N-methyl/N-ethyl adjacent to an activating group) is 1. The lowest BCUT2D eigenvalue weighted by Gasteiger charge is -2.40. The number of nitrogens with zero attached hydrogens (tertiary/aromatic N) is 2. The molecule has 0 aromatic carbocycles. The highest BCUT2D eigenvalue weighted by molar-refractivity contribution is 5.69. The summed E-state index contributed by atoms with van der Waals surface area (Å²) >= 11 is 0. The largest absolute Gasteiger partial charge is 0.481 e. The van der Waals surface area contributed by atoms with Gasteiger partial charge in [0.2, 0.25) is 0 Å². The van der Waals surface area contributed by atoms with Crippen molar-refractivity contribution in [2.75, 3.05) is 39.8 Å². The molecule has 3 N–H and O–H groups in total. The van der Waals surface area contributed by atoms with Gasteiger partial charge in [0.15, 0.2) is 0 Å². The van der Waals surface area contributed by atoms with Crippen LogP contribution in [0.15, 0.2) is 0 Å². The van der Waals surface area contributed by atoms with E-state index < -0.39 is 5.97 Å². The maximum atomic E-state index is 10.8. The zero-order chi connectivity index (χ0) is 11.4. The quantitative estimate of drug-likeness (QED) is 0.648. The van der Waals surface area contributed by atoms with Crippen molar-refractivity contribution in [1.82, 2.24) is 9.80 Å². The lowest BCUT2D eigenvalue weighted by atomic mass is 10.1. The molecule has 0 spiro atoms. The van der Waals surface area contributed by atoms with Gasteiger partial charge in [-0.2, -0.15) is 0 Å². The van der Waals surface area contributed by atoms with Crippen molar-refractivity contribution in [2.24, 2.45) is 11.7 Å². The summed E-state index contributed by atoms with van der Waals surface area (Å²) in [4.78, 5) is 15.2. The van der Waals surface area contributed by atoms with Crippen molar-refractivity contribution in [3.05, 3.63) is 0 Å². The van der Waals surface area contributed by atoms with Crippen molar-refractivity contribution in [1.29, 1.82) is 0 Å². The Labute approximate surface area is 90.8 Å². The monoisotopic (exact) mass is 215 g/mol. The molecule has 1 heterocycles. The summed E-state index contributed by atoms with van der Waals surface area (Å²) in [5, 5.41) is 8.86. The molecule has 1 saturated heterocycles. The molecule has 5 heteroatoms. The molecule has 0 aromatic heterocycles. The van der Waals surface area contributed by atoms with Gasteiger partial charge in [0.05, 0.1) is 5.92 Å². The van der Waals surface area contributed by atoms with Gasteiger partial charge in [0, 0.05) is 38.8 Å². The van der Waals surface area contributed by atoms with Gasteiger partial charge in [-0.15, -0.1) is 0 Å². The molecule has 1 aliphatic heterocycles. The third-order valence-corrected chi connectivity index (χ3v) is 3.01. The van der Waals surface area contributed by atoms with Gasteiger partial charge in [0.25, 0.3) is 0 Å². The van der Waals surface area contributed by atoms with Gasteiger partial charge >= 0.3 is 5.97 Å². The van der Waals surface area contributed by atoms with E-state index in [9.17, 15) is 4.79 Å². The van der Waals surface area contributed by atoms with E-state index >= 15 is 0 Å². The third kappa shape index (κ3) is 3.44. The molecular formula is C10H21N3O2. The Balaban J connectivity index is 2.49. The highest BCUT2D eigenvalue weighted by atomic mass is 16.4. The van der Waals surface area contributed by atoms with Crippen molar-refractivity contribution in [3.63, 3.8) is 0 Å². The van der Waals surface area contributed by atoms with Crippen LogP contribution in [0, 0.1) is 5.92 Å². The fourth-order valence-electron chi connectivity index (χ4n) is 1.94. The topological polar surface area (TPSA) is 69.8 Å². The van der Waals surface area contributed by atoms with E-state index in [2.05, 4.69) is 16.8 Å². The van der Waals surface area contributed by atoms with Gasteiger partial charge in [-0.1, -0.05) is 6.92 Å². The molecule has 0 aromatic rings. The van der Waals surface area contributed by atoms with E-state index in [-0.39, 0.29) is 5.92 Å². The molecule has 5 nitrogen and oxygen atoms in total. The average Bonchev–Trinajstić information content (AvgIpc) is 2.20. The molecule has 1 aliphatic rings. The second-order valence-corrected chi connectivity index (χ2v) is 4.39. The van der Waals surface area contributed by atoms with E-state index in [0.29, 0.717) is 19.1 Å². The molecule has 2 atom stereocenters. The first-order chi connectivity index (χ1) is 7.04. The fourth-order valence-corrected chi connectivity index (χ4v) is 1.94. The Kier molecular flexibility index (Phi) is 4.50. The third-order valence-electron chi connectivity index (χ3n) is 3.01. The van der Waals surface area contributed by atoms with Crippen LogP contribution in [0.25, 0.3) is 0 Å². The molecule has 0 amide bonds. The van der Waals surface area contributed by atoms with Crippen molar-refractivity contribution in [3.8, 4) is 0 Å². The SMILES string of the molecule is CC(CN1CCN(C)CC1CN)C(=O)O. The number of hydrogen-bond acceptors (Lipinski definition) is 4. The number of carboxylic acids is 1. The molecule has 0 aliphatic carbocycles. The molecule has 0 bridgehead atoms. The number of nitrogens with two attached hydrogens (primary N) is 1. The minimum absolute atomic E-state index is 0.297. The lowest BCUT2D eigenvalue weighted by Crippen LogP contribution is -2.56. The Bertz CT molecular complexity index is 223. The normalized spacial score (nSPS) is 26.5. The minimum Gasteiger partial charge on any atom is -0.481 e. The maximum absolute atomic E-state index is 10.8. The van der Waals surface area contributed by atoms with E-state index in [0.717, 1.165) is 19.6 Å². The van der Waals surface area contributed by atoms with Crippen LogP contribution in [0.4, 0.5) is 0 Å². The second kappa shape index (κ2) is 5.44. The molecular weight excluding hydrogens is 194 g/mol. The Morgan fingerprint density at radius 1 is 1.60 bits per heavy atom. The van der Waals surface area contributed by atoms with Crippen LogP contribution < -0.4 is 5.73 Å². The van der Waals surface area contributed by atoms with Crippen LogP contribution in [0.1, 0.15) is 6.92 Å². The highest BCUT2D eigenvalue weighted by Crippen LogP contribution is 2.10. The molecule has 1 fully saturated rings. The van der Waals surface area contributed by atoms with Crippen LogP contribution in [0.5, 0.6) is 0 Å². The van der Waals surface area contributed by atoms with Crippen LogP contribution in [0.2, 0.25) is 0 Å². The van der Waals surface area contributed by atoms with Gasteiger partial charge in [-0.05, 0) is 7.05 Å². The Hall–Kier alpha value is -0.650. The molecule has 88 valence electrons. The van der Waals surface area contributed by atoms with Crippen molar-refractivity contribution < 1.29 is 9.90 Å². The van der Waals surface area contributed by atoms with Gasteiger partial charge in [-0.25, -0.2) is 0 Å². The molecule has 0 radical (unpaired) electrons. The summed E-state index contributed by atoms with van der Waals surface area (Å²) in [7, 11) is 2.07. The number of carboxylic acid groups (broad SMARTS) is 1. The fraction of sp³-hybridized carbons (Fsp3) is 0.900. The van der Waals surface area contributed by atoms with E-state index in [4.69, 9.17) is 10.8 Å². The lowest BCUT2D eigenvalue weighted by molar-refractivity contribution is -0.142. The van der Waals surface area contributed by atoms with Crippen LogP contribution >= 0.6 is 0 Å². The van der Waals surface area contributed by atoms with E-state index in [1.54, 1.807) is 6.92 Å². The standard InChI is InChI=1S/C10H21N3O2/c1-8(10(14)15)6-13-4-3-12(2)7-9(13)5-11/h8-9H,3-7,11H2,1-2H3,(H,14,15). The molecule has 15 heavy (non-hydrogen) atoms. The van der Waals surface area contributed by atoms with E-state index in [1.807, 2.05) is 0 Å². The Morgan fingerprint density at radius 3 is 2.80 bits per heavy atom. The number of hydrogen-bond donors (Lipinski definition) is 2. The summed E-state index contributed by atoms with van der Waals surface area (Å²) in [6.45, 7) is 5.78. The predicted octanol–water partition coefficient (Wildman–Crippen LogP) is -0.718. The minimum atomic E-state index is -0.732. The number of aliphatic carboxylic acids is 1. The summed E-state index contributed by atoms with van der Waals surface area (Å²) < 4.78 is 0. The van der Waals surface area contributed by atoms with Crippen molar-refractivity contribution in [2.45, 2.75) is 13.0 Å². The second-order valence-electron chi connectivity index (χ2n) is 4.39. The number of carbonyl (C=O) groups is 1. The summed E-state index contributed by atoms with van der Waals surface area (Å²) in [5.74, 6) is -1.05. The summed E-state index contributed by atoms with van der Waals surface area (Å²) in [6.07, 6.45) is 0. The van der Waals surface area contributed by atoms with Crippen LogP contribution in [-0.4, -0.2) is 66.7 Å². The number of piperazine rings is 1. The summed E-state index contributed by atoms with van der Waals surface area (Å²) in [6, 6.07) is 0.297. The smallest absolute Gasteiger partial charge is 0.307 e. The first-order valence-corrected chi connectivity index (χ1v) is 5.40.